The topological polar surface area (TPSA) is 96.7 Å². The van der Waals surface area contributed by atoms with Crippen LogP contribution in [0.15, 0.2) is 94.9 Å². The third-order valence-electron chi connectivity index (χ3n) is 5.78. The second-order valence-electron chi connectivity index (χ2n) is 8.42. The number of ether oxygens (including phenoxy) is 3. The summed E-state index contributed by atoms with van der Waals surface area (Å²) in [4.78, 5) is 3.94. The van der Waals surface area contributed by atoms with Gasteiger partial charge >= 0.3 is 0 Å². The lowest BCUT2D eigenvalue weighted by Crippen LogP contribution is -2.58. The van der Waals surface area contributed by atoms with Crippen LogP contribution in [0.2, 0.25) is 0 Å². The minimum atomic E-state index is -1.06. The number of hydrogen-bond acceptors (Lipinski definition) is 6. The van der Waals surface area contributed by atoms with Gasteiger partial charge in [-0.2, -0.15) is 0 Å². The largest absolute Gasteiger partial charge is 0.390 e. The maximum absolute atomic E-state index is 11.3. The quantitative estimate of drug-likeness (QED) is 0.224. The minimum Gasteiger partial charge on any atom is -0.390 e. The molecule has 1 aliphatic rings. The Morgan fingerprint density at radius 1 is 0.943 bits per heavy atom. The summed E-state index contributed by atoms with van der Waals surface area (Å²) < 4.78 is 18.5. The lowest BCUT2D eigenvalue weighted by Gasteiger charge is -2.42. The molecule has 8 heteroatoms. The summed E-state index contributed by atoms with van der Waals surface area (Å²) in [6.07, 6.45) is -2.33. The van der Waals surface area contributed by atoms with Crippen molar-refractivity contribution in [1.29, 1.82) is 0 Å². The van der Waals surface area contributed by atoms with E-state index in [0.717, 1.165) is 21.6 Å². The van der Waals surface area contributed by atoms with E-state index in [4.69, 9.17) is 14.2 Å². The molecule has 0 bridgehead atoms. The van der Waals surface area contributed by atoms with Crippen molar-refractivity contribution in [2.45, 2.75) is 54.8 Å². The van der Waals surface area contributed by atoms with Gasteiger partial charge in [0.2, 0.25) is 0 Å². The molecule has 1 saturated heterocycles. The van der Waals surface area contributed by atoms with Crippen molar-refractivity contribution in [3.05, 3.63) is 112 Å². The van der Waals surface area contributed by atoms with Crippen molar-refractivity contribution >= 4 is 11.8 Å². The minimum absolute atomic E-state index is 0.222. The van der Waals surface area contributed by atoms with Gasteiger partial charge in [-0.3, -0.25) is 0 Å². The molecule has 3 aromatic rings. The number of aryl methyl sites for hydroxylation is 1. The average molecular weight is 492 g/mol. The molecule has 182 valence electrons. The first kappa shape index (κ1) is 25.3. The molecule has 1 fully saturated rings. The third kappa shape index (κ3) is 7.08. The van der Waals surface area contributed by atoms with Crippen molar-refractivity contribution in [3.8, 4) is 0 Å². The normalized spacial score (nSPS) is 24.0. The Labute approximate surface area is 209 Å². The highest BCUT2D eigenvalue weighted by atomic mass is 32.2. The van der Waals surface area contributed by atoms with Crippen LogP contribution >= 0.6 is 11.8 Å². The highest BCUT2D eigenvalue weighted by Crippen LogP contribution is 2.36. The Kier molecular flexibility index (Phi) is 9.20. The third-order valence-corrected chi connectivity index (χ3v) is 6.94. The van der Waals surface area contributed by atoms with Crippen molar-refractivity contribution < 1.29 is 19.3 Å². The number of hydrogen-bond donors (Lipinski definition) is 1. The van der Waals surface area contributed by atoms with Crippen LogP contribution in [0.1, 0.15) is 16.7 Å². The van der Waals surface area contributed by atoms with Gasteiger partial charge in [-0.1, -0.05) is 95.2 Å². The molecule has 0 unspecified atom stereocenters. The van der Waals surface area contributed by atoms with Gasteiger partial charge in [0.1, 0.15) is 23.7 Å². The Morgan fingerprint density at radius 3 is 2.20 bits per heavy atom. The van der Waals surface area contributed by atoms with Gasteiger partial charge in [0.15, 0.2) is 0 Å². The Hall–Kier alpha value is -2.84. The molecule has 1 aliphatic heterocycles. The maximum Gasteiger partial charge on any atom is 0.119 e. The van der Waals surface area contributed by atoms with Crippen LogP contribution in [0.25, 0.3) is 10.4 Å². The van der Waals surface area contributed by atoms with Crippen molar-refractivity contribution in [2.24, 2.45) is 5.11 Å². The van der Waals surface area contributed by atoms with E-state index in [1.807, 2.05) is 91.9 Å². The van der Waals surface area contributed by atoms with Crippen molar-refractivity contribution in [2.75, 3.05) is 6.61 Å². The average Bonchev–Trinajstić information content (AvgIpc) is 2.88. The second-order valence-corrected chi connectivity index (χ2v) is 9.59. The van der Waals surface area contributed by atoms with Gasteiger partial charge in [0, 0.05) is 9.81 Å². The zero-order chi connectivity index (χ0) is 24.5. The number of aliphatic hydroxyl groups excluding tert-OH is 1. The fraction of sp³-hybridized carbons (Fsp3) is 0.333. The molecule has 0 radical (unpaired) electrons. The Morgan fingerprint density at radius 2 is 1.57 bits per heavy atom. The second kappa shape index (κ2) is 12.7. The smallest absolute Gasteiger partial charge is 0.119 e. The SMILES string of the molecule is Cc1ccc(S[C@@H]2O[C@H](COCc3ccccc3)[C@@H](OCc3ccccc3)[C@@H](O)[C@@H]2N=[N+]=[N-])cc1. The predicted octanol–water partition coefficient (Wildman–Crippen LogP) is 5.65. The lowest BCUT2D eigenvalue weighted by molar-refractivity contribution is -0.195. The molecule has 0 amide bonds. The zero-order valence-corrected chi connectivity index (χ0v) is 20.3. The van der Waals surface area contributed by atoms with Crippen LogP contribution in [-0.2, 0) is 27.4 Å². The van der Waals surface area contributed by atoms with Crippen LogP contribution in [0.3, 0.4) is 0 Å². The monoisotopic (exact) mass is 491 g/mol. The number of aliphatic hydroxyl groups is 1. The van der Waals surface area contributed by atoms with E-state index in [-0.39, 0.29) is 6.61 Å². The fourth-order valence-electron chi connectivity index (χ4n) is 3.91. The summed E-state index contributed by atoms with van der Waals surface area (Å²) >= 11 is 1.42. The van der Waals surface area contributed by atoms with E-state index in [9.17, 15) is 10.6 Å². The van der Waals surface area contributed by atoms with Crippen LogP contribution in [0.5, 0.6) is 0 Å². The fourth-order valence-corrected chi connectivity index (χ4v) is 5.02. The van der Waals surface area contributed by atoms with E-state index in [1.54, 1.807) is 0 Å². The van der Waals surface area contributed by atoms with Gasteiger partial charge in [0.05, 0.1) is 25.9 Å². The van der Waals surface area contributed by atoms with E-state index < -0.39 is 29.8 Å². The molecule has 0 spiro atoms. The number of thioether (sulfide) groups is 1. The molecule has 0 aliphatic carbocycles. The first-order valence-electron chi connectivity index (χ1n) is 11.5. The van der Waals surface area contributed by atoms with Crippen LogP contribution in [-0.4, -0.2) is 41.5 Å². The maximum atomic E-state index is 11.3. The van der Waals surface area contributed by atoms with E-state index in [0.29, 0.717) is 13.2 Å². The molecule has 0 aromatic heterocycles. The van der Waals surface area contributed by atoms with Crippen LogP contribution in [0, 0.1) is 6.92 Å². The Balaban J connectivity index is 1.51. The molecular formula is C27H29N3O4S. The Bertz CT molecular complexity index is 1090. The van der Waals surface area contributed by atoms with Crippen LogP contribution < -0.4 is 0 Å². The summed E-state index contributed by atoms with van der Waals surface area (Å²) in [6.45, 7) is 2.95. The molecular weight excluding hydrogens is 462 g/mol. The van der Waals surface area contributed by atoms with Crippen molar-refractivity contribution in [1.82, 2.24) is 0 Å². The first-order chi connectivity index (χ1) is 17.1. The molecule has 4 rings (SSSR count). The molecule has 3 aromatic carbocycles. The molecule has 1 N–H and O–H groups in total. The standard InChI is InChI=1S/C27H29N3O4S/c1-19-12-14-22(15-13-19)35-27-24(29-30-28)25(31)26(33-17-21-10-6-3-7-11-21)23(34-27)18-32-16-20-8-4-2-5-9-20/h2-15,23-27,31H,16-18H2,1H3/t23-,24+,25+,26-,27+/m1/s1. The summed E-state index contributed by atoms with van der Waals surface area (Å²) in [7, 11) is 0. The summed E-state index contributed by atoms with van der Waals surface area (Å²) in [5, 5.41) is 15.2. The summed E-state index contributed by atoms with van der Waals surface area (Å²) in [5.41, 5.74) is 11.8. The summed E-state index contributed by atoms with van der Waals surface area (Å²) in [5.74, 6) is 0. The highest BCUT2D eigenvalue weighted by molar-refractivity contribution is 7.99. The van der Waals surface area contributed by atoms with E-state index in [2.05, 4.69) is 10.0 Å². The molecule has 5 atom stereocenters. The van der Waals surface area contributed by atoms with Gasteiger partial charge in [-0.25, -0.2) is 0 Å². The van der Waals surface area contributed by atoms with Gasteiger partial charge in [-0.05, 0) is 35.7 Å². The molecule has 35 heavy (non-hydrogen) atoms. The zero-order valence-electron chi connectivity index (χ0n) is 19.5. The molecule has 0 saturated carbocycles. The van der Waals surface area contributed by atoms with Crippen LogP contribution in [0.4, 0.5) is 0 Å². The van der Waals surface area contributed by atoms with Gasteiger partial charge in [-0.15, -0.1) is 0 Å². The number of azide groups is 1. The number of benzene rings is 3. The predicted molar refractivity (Wildman–Crippen MR) is 136 cm³/mol. The lowest BCUT2D eigenvalue weighted by atomic mass is 9.98. The van der Waals surface area contributed by atoms with Gasteiger partial charge in [0.25, 0.3) is 0 Å². The molecule has 7 nitrogen and oxygen atoms in total. The molecule has 1 heterocycles. The first-order valence-corrected chi connectivity index (χ1v) is 12.4. The highest BCUT2D eigenvalue weighted by Gasteiger charge is 2.46. The summed E-state index contributed by atoms with van der Waals surface area (Å²) in [6, 6.07) is 26.8. The number of rotatable bonds is 10. The van der Waals surface area contributed by atoms with Crippen molar-refractivity contribution in [3.63, 3.8) is 0 Å². The van der Waals surface area contributed by atoms with E-state index in [1.165, 1.54) is 11.8 Å². The van der Waals surface area contributed by atoms with E-state index >= 15 is 0 Å². The van der Waals surface area contributed by atoms with Gasteiger partial charge < -0.3 is 19.3 Å². The number of nitrogens with zero attached hydrogens (tertiary/aromatic N) is 3.